The third-order valence-corrected chi connectivity index (χ3v) is 4.20. The van der Waals surface area contributed by atoms with Gasteiger partial charge in [0.05, 0.1) is 7.11 Å². The second-order valence-electron chi connectivity index (χ2n) is 3.49. The lowest BCUT2D eigenvalue weighted by molar-refractivity contribution is 0.413. The molecule has 1 aromatic rings. The molecule has 0 aliphatic carbocycles. The van der Waals surface area contributed by atoms with Crippen molar-refractivity contribution in [2.75, 3.05) is 7.11 Å². The van der Waals surface area contributed by atoms with Gasteiger partial charge in [0.15, 0.2) is 0 Å². The molecule has 2 atom stereocenters. The van der Waals surface area contributed by atoms with Gasteiger partial charge >= 0.3 is 0 Å². The predicted molar refractivity (Wildman–Crippen MR) is 59.9 cm³/mol. The molecule has 0 saturated carbocycles. The molecule has 1 aromatic carbocycles. The molecule has 1 aliphatic heterocycles. The molecular weight excluding hydrogens is 194 g/mol. The van der Waals surface area contributed by atoms with Crippen LogP contribution in [0.5, 0.6) is 5.75 Å². The monoisotopic (exact) mass is 209 g/mol. The highest BCUT2D eigenvalue weighted by Gasteiger charge is 2.29. The van der Waals surface area contributed by atoms with Crippen molar-refractivity contribution in [2.24, 2.45) is 5.73 Å². The van der Waals surface area contributed by atoms with Gasteiger partial charge in [0, 0.05) is 16.2 Å². The number of nitrogens with two attached hydrogens (primary N) is 1. The normalized spacial score (nSPS) is 24.8. The van der Waals surface area contributed by atoms with E-state index >= 15 is 0 Å². The molecule has 3 heteroatoms. The molecule has 14 heavy (non-hydrogen) atoms. The molecule has 2 unspecified atom stereocenters. The summed E-state index contributed by atoms with van der Waals surface area (Å²) in [6.07, 6.45) is 1.11. The van der Waals surface area contributed by atoms with Gasteiger partial charge in [-0.05, 0) is 24.1 Å². The summed E-state index contributed by atoms with van der Waals surface area (Å²) in [4.78, 5) is 1.28. The molecule has 0 spiro atoms. The zero-order valence-corrected chi connectivity index (χ0v) is 9.30. The van der Waals surface area contributed by atoms with Crippen LogP contribution < -0.4 is 10.5 Å². The van der Waals surface area contributed by atoms with Crippen molar-refractivity contribution < 1.29 is 4.74 Å². The van der Waals surface area contributed by atoms with E-state index in [-0.39, 0.29) is 6.04 Å². The smallest absolute Gasteiger partial charge is 0.119 e. The lowest BCUT2D eigenvalue weighted by Crippen LogP contribution is -2.18. The van der Waals surface area contributed by atoms with Gasteiger partial charge in [0.25, 0.3) is 0 Å². The van der Waals surface area contributed by atoms with Gasteiger partial charge in [0.1, 0.15) is 5.75 Å². The van der Waals surface area contributed by atoms with E-state index in [0.717, 1.165) is 12.2 Å². The summed E-state index contributed by atoms with van der Waals surface area (Å²) in [6, 6.07) is 6.33. The van der Waals surface area contributed by atoms with E-state index in [2.05, 4.69) is 19.1 Å². The van der Waals surface area contributed by atoms with E-state index in [0.29, 0.717) is 5.25 Å². The Labute approximate surface area is 88.8 Å². The van der Waals surface area contributed by atoms with Gasteiger partial charge in [-0.25, -0.2) is 0 Å². The molecule has 2 N–H and O–H groups in total. The van der Waals surface area contributed by atoms with Crippen molar-refractivity contribution in [3.05, 3.63) is 23.8 Å². The molecular formula is C11H15NOS. The summed E-state index contributed by atoms with van der Waals surface area (Å²) in [5, 5.41) is 0.525. The molecule has 76 valence electrons. The van der Waals surface area contributed by atoms with Crippen LogP contribution in [-0.2, 0) is 0 Å². The molecule has 0 aromatic heterocycles. The van der Waals surface area contributed by atoms with E-state index in [4.69, 9.17) is 10.5 Å². The Bertz CT molecular complexity index is 340. The molecule has 2 rings (SSSR count). The summed E-state index contributed by atoms with van der Waals surface area (Å²) in [5.41, 5.74) is 7.40. The standard InChI is InChI=1S/C11H15NOS/c1-3-9-11(12)8-5-4-7(13-2)6-10(8)14-9/h4-6,9,11H,3,12H2,1-2H3. The second kappa shape index (κ2) is 3.83. The van der Waals surface area contributed by atoms with Gasteiger partial charge in [-0.3, -0.25) is 0 Å². The Balaban J connectivity index is 2.34. The molecule has 0 radical (unpaired) electrons. The Kier molecular flexibility index (Phi) is 2.70. The van der Waals surface area contributed by atoms with Crippen LogP contribution in [0.2, 0.25) is 0 Å². The maximum absolute atomic E-state index is 6.13. The van der Waals surface area contributed by atoms with Crippen LogP contribution in [-0.4, -0.2) is 12.4 Å². The first-order chi connectivity index (χ1) is 6.76. The summed E-state index contributed by atoms with van der Waals surface area (Å²) in [5.74, 6) is 0.917. The zero-order valence-electron chi connectivity index (χ0n) is 8.49. The van der Waals surface area contributed by atoms with E-state index in [1.54, 1.807) is 7.11 Å². The largest absolute Gasteiger partial charge is 0.497 e. The third-order valence-electron chi connectivity index (χ3n) is 2.66. The molecule has 0 saturated heterocycles. The van der Waals surface area contributed by atoms with E-state index in [9.17, 15) is 0 Å². The van der Waals surface area contributed by atoms with Crippen LogP contribution >= 0.6 is 11.8 Å². The quantitative estimate of drug-likeness (QED) is 0.813. The molecule has 0 amide bonds. The number of rotatable bonds is 2. The Morgan fingerprint density at radius 2 is 2.29 bits per heavy atom. The van der Waals surface area contributed by atoms with Gasteiger partial charge in [-0.2, -0.15) is 0 Å². The Morgan fingerprint density at radius 1 is 1.50 bits per heavy atom. The van der Waals surface area contributed by atoms with E-state index in [1.165, 1.54) is 10.5 Å². The summed E-state index contributed by atoms with van der Waals surface area (Å²) >= 11 is 1.87. The molecule has 1 aliphatic rings. The van der Waals surface area contributed by atoms with Crippen molar-refractivity contribution >= 4 is 11.8 Å². The van der Waals surface area contributed by atoms with Crippen LogP contribution in [0.25, 0.3) is 0 Å². The highest BCUT2D eigenvalue weighted by Crippen LogP contribution is 2.45. The van der Waals surface area contributed by atoms with Gasteiger partial charge in [0.2, 0.25) is 0 Å². The van der Waals surface area contributed by atoms with Gasteiger partial charge in [-0.1, -0.05) is 13.0 Å². The van der Waals surface area contributed by atoms with E-state index in [1.807, 2.05) is 17.8 Å². The lowest BCUT2D eigenvalue weighted by atomic mass is 10.0. The number of hydrogen-bond donors (Lipinski definition) is 1. The van der Waals surface area contributed by atoms with Crippen LogP contribution in [0.4, 0.5) is 0 Å². The predicted octanol–water partition coefficient (Wildman–Crippen LogP) is 2.58. The number of fused-ring (bicyclic) bond motifs is 1. The number of thioether (sulfide) groups is 1. The number of methoxy groups -OCH3 is 1. The highest BCUT2D eigenvalue weighted by molar-refractivity contribution is 8.00. The highest BCUT2D eigenvalue weighted by atomic mass is 32.2. The van der Waals surface area contributed by atoms with Crippen molar-refractivity contribution in [1.29, 1.82) is 0 Å². The minimum atomic E-state index is 0.186. The summed E-state index contributed by atoms with van der Waals surface area (Å²) < 4.78 is 5.19. The van der Waals surface area contributed by atoms with Crippen molar-refractivity contribution in [3.8, 4) is 5.75 Å². The second-order valence-corrected chi connectivity index (χ2v) is 4.78. The topological polar surface area (TPSA) is 35.2 Å². The maximum Gasteiger partial charge on any atom is 0.119 e. The minimum Gasteiger partial charge on any atom is -0.497 e. The molecule has 0 fully saturated rings. The van der Waals surface area contributed by atoms with Crippen molar-refractivity contribution in [2.45, 2.75) is 29.5 Å². The van der Waals surface area contributed by atoms with Crippen molar-refractivity contribution in [1.82, 2.24) is 0 Å². The lowest BCUT2D eigenvalue weighted by Gasteiger charge is -2.11. The minimum absolute atomic E-state index is 0.186. The van der Waals surface area contributed by atoms with Crippen LogP contribution in [0.15, 0.2) is 23.1 Å². The first-order valence-electron chi connectivity index (χ1n) is 4.86. The first-order valence-corrected chi connectivity index (χ1v) is 5.74. The average molecular weight is 209 g/mol. The Morgan fingerprint density at radius 3 is 2.93 bits per heavy atom. The van der Waals surface area contributed by atoms with Gasteiger partial charge in [-0.15, -0.1) is 11.8 Å². The average Bonchev–Trinajstić information content (AvgIpc) is 2.55. The fourth-order valence-corrected chi connectivity index (χ4v) is 3.10. The zero-order chi connectivity index (χ0) is 10.1. The van der Waals surface area contributed by atoms with Crippen molar-refractivity contribution in [3.63, 3.8) is 0 Å². The molecule has 0 bridgehead atoms. The molecule has 2 nitrogen and oxygen atoms in total. The fraction of sp³-hybridized carbons (Fsp3) is 0.455. The van der Waals surface area contributed by atoms with Crippen LogP contribution in [0.1, 0.15) is 24.9 Å². The third kappa shape index (κ3) is 1.51. The Hall–Kier alpha value is -0.670. The fourth-order valence-electron chi connectivity index (χ4n) is 1.79. The number of hydrogen-bond acceptors (Lipinski definition) is 3. The molecule has 1 heterocycles. The van der Waals surface area contributed by atoms with Gasteiger partial charge < -0.3 is 10.5 Å². The summed E-state index contributed by atoms with van der Waals surface area (Å²) in [6.45, 7) is 2.18. The first kappa shape index (κ1) is 9.87. The number of benzene rings is 1. The maximum atomic E-state index is 6.13. The summed E-state index contributed by atoms with van der Waals surface area (Å²) in [7, 11) is 1.69. The van der Waals surface area contributed by atoms with Crippen LogP contribution in [0, 0.1) is 0 Å². The van der Waals surface area contributed by atoms with E-state index < -0.39 is 0 Å². The SMILES string of the molecule is CCC1Sc2cc(OC)ccc2C1N. The van der Waals surface area contributed by atoms with Crippen LogP contribution in [0.3, 0.4) is 0 Å². The number of ether oxygens (including phenoxy) is 1.